The monoisotopic (exact) mass is 445 g/mol. The molecule has 2 aromatic carbocycles. The Hall–Kier alpha value is -2.42. The van der Waals surface area contributed by atoms with Crippen molar-refractivity contribution >= 4 is 32.6 Å². The Morgan fingerprint density at radius 2 is 1.87 bits per heavy atom. The average molecular weight is 446 g/mol. The molecular formula is C23H25F2N3O2S. The molecule has 4 rings (SSSR count). The number of hydrogen-bond acceptors (Lipinski definition) is 5. The second-order valence-electron chi connectivity index (χ2n) is 7.77. The molecule has 0 bridgehead atoms. The molecule has 5 nitrogen and oxygen atoms in total. The Bertz CT molecular complexity index is 1060. The summed E-state index contributed by atoms with van der Waals surface area (Å²) in [6.45, 7) is 8.45. The van der Waals surface area contributed by atoms with Crippen LogP contribution in [0.5, 0.6) is 0 Å². The Labute approximate surface area is 184 Å². The largest absolute Gasteiger partial charge is 0.379 e. The van der Waals surface area contributed by atoms with Crippen molar-refractivity contribution in [1.82, 2.24) is 9.88 Å². The lowest BCUT2D eigenvalue weighted by Gasteiger charge is -2.27. The van der Waals surface area contributed by atoms with Gasteiger partial charge >= 0.3 is 0 Å². The standard InChI is InChI=1S/C23H25F2N3O2S/c1-15-4-5-16(2)21-20(15)26-23(31-21)28(9-3-8-27-10-12-30-13-11-27)22(29)17-6-7-18(24)19(25)14-17/h4-7,14H,3,8-13H2,1-2H3. The molecule has 1 aliphatic heterocycles. The van der Waals surface area contributed by atoms with Gasteiger partial charge in [0.15, 0.2) is 16.8 Å². The predicted molar refractivity (Wildman–Crippen MR) is 119 cm³/mol. The first-order chi connectivity index (χ1) is 14.9. The van der Waals surface area contributed by atoms with Gasteiger partial charge in [0.1, 0.15) is 0 Å². The fourth-order valence-electron chi connectivity index (χ4n) is 3.71. The van der Waals surface area contributed by atoms with E-state index in [1.54, 1.807) is 4.90 Å². The SMILES string of the molecule is Cc1ccc(C)c2sc(N(CCCN3CCOCC3)C(=O)c3ccc(F)c(F)c3)nc12. The quantitative estimate of drug-likeness (QED) is 0.558. The molecule has 1 aliphatic rings. The van der Waals surface area contributed by atoms with Crippen molar-refractivity contribution in [2.24, 2.45) is 0 Å². The summed E-state index contributed by atoms with van der Waals surface area (Å²) < 4.78 is 33.6. The molecule has 0 saturated carbocycles. The maximum absolute atomic E-state index is 13.8. The third-order valence-corrected chi connectivity index (χ3v) is 6.75. The molecule has 0 N–H and O–H groups in total. The van der Waals surface area contributed by atoms with Crippen molar-refractivity contribution in [3.8, 4) is 0 Å². The second kappa shape index (κ2) is 9.38. The van der Waals surface area contributed by atoms with Crippen molar-refractivity contribution in [3.05, 3.63) is 58.7 Å². The Balaban J connectivity index is 1.63. The topological polar surface area (TPSA) is 45.7 Å². The van der Waals surface area contributed by atoms with Gasteiger partial charge in [0.25, 0.3) is 5.91 Å². The van der Waals surface area contributed by atoms with Crippen molar-refractivity contribution < 1.29 is 18.3 Å². The number of thiazole rings is 1. The first-order valence-corrected chi connectivity index (χ1v) is 11.2. The summed E-state index contributed by atoms with van der Waals surface area (Å²) in [4.78, 5) is 22.0. The van der Waals surface area contributed by atoms with Crippen LogP contribution in [0.1, 0.15) is 27.9 Å². The van der Waals surface area contributed by atoms with Gasteiger partial charge in [-0.05, 0) is 49.6 Å². The van der Waals surface area contributed by atoms with Crippen LogP contribution in [0.25, 0.3) is 10.2 Å². The fourth-order valence-corrected chi connectivity index (χ4v) is 4.85. The molecule has 1 fully saturated rings. The highest BCUT2D eigenvalue weighted by molar-refractivity contribution is 7.22. The number of hydrogen-bond donors (Lipinski definition) is 0. The molecule has 31 heavy (non-hydrogen) atoms. The van der Waals surface area contributed by atoms with Gasteiger partial charge in [0, 0.05) is 31.7 Å². The zero-order valence-corrected chi connectivity index (χ0v) is 18.5. The smallest absolute Gasteiger partial charge is 0.260 e. The van der Waals surface area contributed by atoms with Crippen molar-refractivity contribution in [3.63, 3.8) is 0 Å². The highest BCUT2D eigenvalue weighted by Crippen LogP contribution is 2.34. The minimum atomic E-state index is -1.03. The lowest BCUT2D eigenvalue weighted by Crippen LogP contribution is -2.39. The van der Waals surface area contributed by atoms with Crippen molar-refractivity contribution in [2.75, 3.05) is 44.3 Å². The molecule has 0 aliphatic carbocycles. The van der Waals surface area contributed by atoms with E-state index < -0.39 is 11.6 Å². The molecule has 164 valence electrons. The molecule has 1 aromatic heterocycles. The van der Waals surface area contributed by atoms with E-state index in [0.717, 1.165) is 59.5 Å². The molecule has 1 amide bonds. The van der Waals surface area contributed by atoms with Crippen molar-refractivity contribution in [2.45, 2.75) is 20.3 Å². The fraction of sp³-hybridized carbons (Fsp3) is 0.391. The summed E-state index contributed by atoms with van der Waals surface area (Å²) in [7, 11) is 0. The van der Waals surface area contributed by atoms with Gasteiger partial charge < -0.3 is 4.74 Å². The van der Waals surface area contributed by atoms with E-state index in [2.05, 4.69) is 4.90 Å². The molecule has 8 heteroatoms. The average Bonchev–Trinajstić information content (AvgIpc) is 3.23. The first kappa shape index (κ1) is 21.8. The molecule has 0 atom stereocenters. The van der Waals surface area contributed by atoms with Crippen LogP contribution >= 0.6 is 11.3 Å². The number of ether oxygens (including phenoxy) is 1. The van der Waals surface area contributed by atoms with Gasteiger partial charge in [-0.1, -0.05) is 23.5 Å². The third-order valence-electron chi connectivity index (χ3n) is 5.53. The molecule has 2 heterocycles. The predicted octanol–water partition coefficient (Wildman–Crippen LogP) is 4.56. The van der Waals surface area contributed by atoms with Crippen LogP contribution in [0, 0.1) is 25.5 Å². The molecule has 0 radical (unpaired) electrons. The highest BCUT2D eigenvalue weighted by Gasteiger charge is 2.23. The highest BCUT2D eigenvalue weighted by atomic mass is 32.1. The van der Waals surface area contributed by atoms with Crippen LogP contribution in [0.15, 0.2) is 30.3 Å². The third kappa shape index (κ3) is 4.76. The zero-order valence-electron chi connectivity index (χ0n) is 17.7. The Morgan fingerprint density at radius 3 is 2.58 bits per heavy atom. The lowest BCUT2D eigenvalue weighted by molar-refractivity contribution is 0.0376. The first-order valence-electron chi connectivity index (χ1n) is 10.4. The molecule has 0 unspecified atom stereocenters. The summed E-state index contributed by atoms with van der Waals surface area (Å²) in [5.74, 6) is -2.38. The number of halogens is 2. The summed E-state index contributed by atoms with van der Waals surface area (Å²) in [5.41, 5.74) is 3.11. The van der Waals surface area contributed by atoms with Crippen molar-refractivity contribution in [1.29, 1.82) is 0 Å². The number of rotatable bonds is 6. The molecule has 3 aromatic rings. The number of aryl methyl sites for hydroxylation is 2. The summed E-state index contributed by atoms with van der Waals surface area (Å²) in [6.07, 6.45) is 0.739. The zero-order chi connectivity index (χ0) is 22.0. The lowest BCUT2D eigenvalue weighted by atomic mass is 10.1. The second-order valence-corrected chi connectivity index (χ2v) is 8.74. The molecular weight excluding hydrogens is 420 g/mol. The van der Waals surface area contributed by atoms with E-state index >= 15 is 0 Å². The van der Waals surface area contributed by atoms with E-state index in [0.29, 0.717) is 24.9 Å². The van der Waals surface area contributed by atoms with Crippen LogP contribution in [0.2, 0.25) is 0 Å². The van der Waals surface area contributed by atoms with Gasteiger partial charge in [0.05, 0.1) is 23.4 Å². The maximum atomic E-state index is 13.8. The van der Waals surface area contributed by atoms with Gasteiger partial charge in [-0.25, -0.2) is 13.8 Å². The molecule has 0 spiro atoms. The normalized spacial score (nSPS) is 14.8. The number of anilines is 1. The number of carbonyl (C=O) groups is 1. The number of nitrogens with zero attached hydrogens (tertiary/aromatic N) is 3. The molecule has 1 saturated heterocycles. The summed E-state index contributed by atoms with van der Waals surface area (Å²) >= 11 is 1.46. The number of aromatic nitrogens is 1. The number of benzene rings is 2. The van der Waals surface area contributed by atoms with E-state index in [-0.39, 0.29) is 11.5 Å². The van der Waals surface area contributed by atoms with Crippen LogP contribution in [-0.2, 0) is 4.74 Å². The number of fused-ring (bicyclic) bond motifs is 1. The minimum absolute atomic E-state index is 0.109. The Morgan fingerprint density at radius 1 is 1.13 bits per heavy atom. The summed E-state index contributed by atoms with van der Waals surface area (Å²) in [6, 6.07) is 7.32. The number of amides is 1. The number of morpholine rings is 1. The minimum Gasteiger partial charge on any atom is -0.379 e. The van der Waals surface area contributed by atoms with Gasteiger partial charge in [0.2, 0.25) is 0 Å². The van der Waals surface area contributed by atoms with E-state index in [4.69, 9.17) is 9.72 Å². The van der Waals surface area contributed by atoms with Crippen LogP contribution in [-0.4, -0.2) is 55.2 Å². The van der Waals surface area contributed by atoms with Crippen LogP contribution < -0.4 is 4.90 Å². The summed E-state index contributed by atoms with van der Waals surface area (Å²) in [5, 5.41) is 0.573. The van der Waals surface area contributed by atoms with E-state index in [1.807, 2.05) is 26.0 Å². The van der Waals surface area contributed by atoms with Gasteiger partial charge in [-0.2, -0.15) is 0 Å². The van der Waals surface area contributed by atoms with Gasteiger partial charge in [-0.3, -0.25) is 14.6 Å². The Kier molecular flexibility index (Phi) is 6.60. The van der Waals surface area contributed by atoms with Gasteiger partial charge in [-0.15, -0.1) is 0 Å². The number of carbonyl (C=O) groups excluding carboxylic acids is 1. The van der Waals surface area contributed by atoms with Crippen LogP contribution in [0.4, 0.5) is 13.9 Å². The van der Waals surface area contributed by atoms with Crippen LogP contribution in [0.3, 0.4) is 0 Å². The van der Waals surface area contributed by atoms with E-state index in [9.17, 15) is 13.6 Å². The van der Waals surface area contributed by atoms with E-state index in [1.165, 1.54) is 17.4 Å². The maximum Gasteiger partial charge on any atom is 0.260 e.